The summed E-state index contributed by atoms with van der Waals surface area (Å²) in [5, 5.41) is 0. The van der Waals surface area contributed by atoms with E-state index in [-0.39, 0.29) is 27.3 Å². The molecular formula is C64H89NSi. The summed E-state index contributed by atoms with van der Waals surface area (Å²) in [6.07, 6.45) is 13.2. The summed E-state index contributed by atoms with van der Waals surface area (Å²) in [6.45, 7) is 46.9. The van der Waals surface area contributed by atoms with Gasteiger partial charge in [0.2, 0.25) is 0 Å². The summed E-state index contributed by atoms with van der Waals surface area (Å²) in [7, 11) is -2.02. The number of aryl methyl sites for hydroxylation is 1. The first kappa shape index (κ1) is 49.0. The Bertz CT molecular complexity index is 2450. The smallest absolute Gasteiger partial charge is 0.127 e. The van der Waals surface area contributed by atoms with Crippen molar-refractivity contribution in [2.75, 3.05) is 0 Å². The van der Waals surface area contributed by atoms with Gasteiger partial charge < -0.3 is 4.57 Å². The van der Waals surface area contributed by atoms with Crippen molar-refractivity contribution in [1.82, 2.24) is 4.57 Å². The molecule has 8 rings (SSSR count). The molecule has 0 amide bonds. The summed E-state index contributed by atoms with van der Waals surface area (Å²) >= 11 is 0. The lowest BCUT2D eigenvalue weighted by Gasteiger charge is -2.57. The van der Waals surface area contributed by atoms with Crippen molar-refractivity contribution < 1.29 is 0 Å². The van der Waals surface area contributed by atoms with Crippen molar-refractivity contribution in [3.05, 3.63) is 147 Å². The summed E-state index contributed by atoms with van der Waals surface area (Å²) in [4.78, 5) is 0. The van der Waals surface area contributed by atoms with Gasteiger partial charge in [-0.25, -0.2) is 0 Å². The van der Waals surface area contributed by atoms with Crippen molar-refractivity contribution in [2.24, 2.45) is 23.7 Å². The van der Waals surface area contributed by atoms with Gasteiger partial charge in [0.05, 0.1) is 5.41 Å². The van der Waals surface area contributed by atoms with Crippen molar-refractivity contribution in [2.45, 2.75) is 208 Å². The van der Waals surface area contributed by atoms with Crippen LogP contribution in [0.5, 0.6) is 0 Å². The third-order valence-electron chi connectivity index (χ3n) is 17.6. The molecule has 0 radical (unpaired) electrons. The fourth-order valence-electron chi connectivity index (χ4n) is 15.3. The first-order chi connectivity index (χ1) is 30.6. The van der Waals surface area contributed by atoms with Gasteiger partial charge in [0, 0.05) is 16.5 Å². The molecule has 4 aliphatic rings. The van der Waals surface area contributed by atoms with E-state index in [2.05, 4.69) is 226 Å². The minimum absolute atomic E-state index is 0.00966. The fourth-order valence-corrected chi connectivity index (χ4v) is 21.9. The molecule has 0 bridgehead atoms. The molecule has 1 saturated carbocycles. The third kappa shape index (κ3) is 7.64. The number of fused-ring (bicyclic) bond motifs is 7. The van der Waals surface area contributed by atoms with E-state index in [1.165, 1.54) is 94.2 Å². The van der Waals surface area contributed by atoms with Crippen LogP contribution in [0.4, 0.5) is 0 Å². The monoisotopic (exact) mass is 900 g/mol. The maximum absolute atomic E-state index is 3.01. The highest BCUT2D eigenvalue weighted by molar-refractivity contribution is 6.76. The zero-order chi connectivity index (χ0) is 48.3. The number of nitrogens with zero attached hydrogens (tertiary/aromatic N) is 1. The number of allylic oxidation sites excluding steroid dienone is 4. The minimum atomic E-state index is -2.02. The summed E-state index contributed by atoms with van der Waals surface area (Å²) in [6, 6.07) is 32.7. The molecule has 1 nitrogen and oxygen atoms in total. The van der Waals surface area contributed by atoms with E-state index in [1.54, 1.807) is 16.7 Å². The number of benzene rings is 4. The third-order valence-corrected chi connectivity index (χ3v) is 22.7. The predicted octanol–water partition coefficient (Wildman–Crippen LogP) is 17.9. The largest absolute Gasteiger partial charge is 0.314 e. The first-order valence-electron chi connectivity index (χ1n) is 26.4. The molecule has 0 aliphatic heterocycles. The van der Waals surface area contributed by atoms with Gasteiger partial charge in [-0.15, -0.1) is 0 Å². The van der Waals surface area contributed by atoms with Gasteiger partial charge in [0.1, 0.15) is 8.24 Å². The molecule has 0 heterocycles. The Kier molecular flexibility index (Phi) is 12.3. The Morgan fingerprint density at radius 3 is 1.50 bits per heavy atom. The number of unbranched alkanes of at least 4 members (excludes halogenated alkanes) is 2. The molecule has 0 saturated heterocycles. The van der Waals surface area contributed by atoms with Gasteiger partial charge in [0.25, 0.3) is 0 Å². The lowest BCUT2D eigenvalue weighted by molar-refractivity contribution is 0.121. The lowest BCUT2D eigenvalue weighted by Crippen LogP contribution is -2.67. The predicted molar refractivity (Wildman–Crippen MR) is 291 cm³/mol. The quantitative estimate of drug-likeness (QED) is 0.126. The standard InChI is InChI=1S/C64H89NSi/c1-20-22-34-63(35-23-21-2)54-38-47(30-33-50(54)52-39-53-51(40-55(52)63)42(4)43(5)58(53)66(18,19)65(61(12,13)14)62(15,16)17)64(44-26-24-41(3)25-27-44)56-36-45(59(6,7)8)28-31-48(56)49-32-29-46(37-57(49)64)60(9,10)11/h24-33,36-40,42-43,51,53,58H,20-23,34-35H2,1-19H3. The van der Waals surface area contributed by atoms with Crippen LogP contribution in [-0.2, 0) is 21.7 Å². The van der Waals surface area contributed by atoms with E-state index in [0.29, 0.717) is 29.2 Å². The van der Waals surface area contributed by atoms with E-state index in [4.69, 9.17) is 0 Å². The molecule has 4 aliphatic carbocycles. The normalized spacial score (nSPS) is 23.2. The van der Waals surface area contributed by atoms with Crippen LogP contribution in [0.15, 0.2) is 96.6 Å². The first-order valence-corrected chi connectivity index (χ1v) is 29.5. The highest BCUT2D eigenvalue weighted by atomic mass is 28.3. The van der Waals surface area contributed by atoms with Crippen LogP contribution in [-0.4, -0.2) is 23.9 Å². The molecular weight excluding hydrogens is 811 g/mol. The Labute approximate surface area is 405 Å². The molecule has 2 heteroatoms. The second-order valence-corrected chi connectivity index (χ2v) is 31.0. The van der Waals surface area contributed by atoms with Crippen LogP contribution in [0, 0.1) is 30.6 Å². The molecule has 1 fully saturated rings. The Morgan fingerprint density at radius 1 is 0.545 bits per heavy atom. The van der Waals surface area contributed by atoms with Crippen LogP contribution in [0.2, 0.25) is 18.6 Å². The van der Waals surface area contributed by atoms with Gasteiger partial charge in [-0.2, -0.15) is 0 Å². The van der Waals surface area contributed by atoms with Crippen molar-refractivity contribution in [3.63, 3.8) is 0 Å². The van der Waals surface area contributed by atoms with Gasteiger partial charge in [0.15, 0.2) is 0 Å². The Hall–Kier alpha value is -3.46. The summed E-state index contributed by atoms with van der Waals surface area (Å²) in [5.74, 6) is 2.41. The topological polar surface area (TPSA) is 3.24 Å². The molecule has 354 valence electrons. The van der Waals surface area contributed by atoms with Crippen LogP contribution in [0.3, 0.4) is 0 Å². The van der Waals surface area contributed by atoms with Crippen molar-refractivity contribution in [1.29, 1.82) is 0 Å². The highest BCUT2D eigenvalue weighted by Gasteiger charge is 2.59. The van der Waals surface area contributed by atoms with Crippen molar-refractivity contribution >= 4 is 13.8 Å². The van der Waals surface area contributed by atoms with E-state index in [9.17, 15) is 0 Å². The van der Waals surface area contributed by atoms with Crippen LogP contribution < -0.4 is 0 Å². The number of hydrogen-bond donors (Lipinski definition) is 0. The average Bonchev–Trinajstić information content (AvgIpc) is 3.76. The fraction of sp³-hybridized carbons (Fsp3) is 0.562. The number of hydrogen-bond acceptors (Lipinski definition) is 1. The maximum atomic E-state index is 3.01. The lowest BCUT2D eigenvalue weighted by atomic mass is 9.64. The second-order valence-electron chi connectivity index (χ2n) is 26.6. The molecule has 0 aromatic heterocycles. The molecule has 5 unspecified atom stereocenters. The Balaban J connectivity index is 1.44. The van der Waals surface area contributed by atoms with Crippen LogP contribution in [0.1, 0.15) is 199 Å². The Morgan fingerprint density at radius 2 is 1.03 bits per heavy atom. The second kappa shape index (κ2) is 16.6. The number of rotatable bonds is 10. The van der Waals surface area contributed by atoms with Gasteiger partial charge in [-0.3, -0.25) is 0 Å². The SMILES string of the molecule is CCCCC1(CCCC)C2=CC3C(C)C(C)C([Si](C)(C)N(C(C)(C)C)C(C)(C)C)C3C=C2c2ccc(C3(c4ccc(C)cc4)c4cc(C(C)(C)C)ccc4-c4ccc(C(C)(C)C)cc43)cc21. The zero-order valence-corrected chi connectivity index (χ0v) is 46.2. The van der Waals surface area contributed by atoms with Gasteiger partial charge in [-0.05, 0) is 168 Å². The average molecular weight is 901 g/mol. The van der Waals surface area contributed by atoms with E-state index in [1.807, 2.05) is 0 Å². The van der Waals surface area contributed by atoms with Crippen LogP contribution >= 0.6 is 0 Å². The van der Waals surface area contributed by atoms with E-state index < -0.39 is 13.7 Å². The van der Waals surface area contributed by atoms with Gasteiger partial charge in [-0.1, -0.05) is 205 Å². The molecule has 5 atom stereocenters. The molecule has 0 spiro atoms. The van der Waals surface area contributed by atoms with E-state index >= 15 is 0 Å². The molecule has 4 aromatic rings. The van der Waals surface area contributed by atoms with E-state index in [0.717, 1.165) is 0 Å². The zero-order valence-electron chi connectivity index (χ0n) is 45.2. The van der Waals surface area contributed by atoms with Crippen LogP contribution in [0.25, 0.3) is 16.7 Å². The summed E-state index contributed by atoms with van der Waals surface area (Å²) in [5.41, 5.74) is 19.4. The minimum Gasteiger partial charge on any atom is -0.314 e. The van der Waals surface area contributed by atoms with Gasteiger partial charge >= 0.3 is 0 Å². The van der Waals surface area contributed by atoms with Crippen molar-refractivity contribution in [3.8, 4) is 11.1 Å². The molecule has 0 N–H and O–H groups in total. The molecule has 4 aromatic carbocycles. The maximum Gasteiger partial charge on any atom is 0.127 e. The summed E-state index contributed by atoms with van der Waals surface area (Å²) < 4.78 is 3.01. The molecule has 66 heavy (non-hydrogen) atoms. The highest BCUT2D eigenvalue weighted by Crippen LogP contribution is 2.66.